The Balaban J connectivity index is 2.15. The van der Waals surface area contributed by atoms with E-state index in [1.807, 2.05) is 30.5 Å². The molecule has 0 aliphatic carbocycles. The molecule has 0 amide bonds. The molecular weight excluding hydrogens is 266 g/mol. The van der Waals surface area contributed by atoms with Crippen molar-refractivity contribution in [1.82, 2.24) is 14.9 Å². The van der Waals surface area contributed by atoms with E-state index in [0.717, 1.165) is 17.0 Å². The molecule has 0 spiro atoms. The number of carboxylic acid groups (broad SMARTS) is 1. The van der Waals surface area contributed by atoms with Gasteiger partial charge in [0.1, 0.15) is 5.82 Å². The third-order valence-electron chi connectivity index (χ3n) is 3.27. The molecule has 0 saturated carbocycles. The Morgan fingerprint density at radius 3 is 2.71 bits per heavy atom. The van der Waals surface area contributed by atoms with Crippen LogP contribution in [-0.2, 0) is 24.3 Å². The number of nitrogens with zero attached hydrogens (tertiary/aromatic N) is 2. The Kier molecular flexibility index (Phi) is 5.11. The van der Waals surface area contributed by atoms with Crippen LogP contribution in [0.25, 0.3) is 0 Å². The van der Waals surface area contributed by atoms with Gasteiger partial charge in [-0.1, -0.05) is 38.1 Å². The topological polar surface area (TPSA) is 67.2 Å². The molecule has 0 aliphatic rings. The smallest absolute Gasteiger partial charge is 0.307 e. The third kappa shape index (κ3) is 4.43. The van der Waals surface area contributed by atoms with Gasteiger partial charge in [-0.15, -0.1) is 0 Å². The van der Waals surface area contributed by atoms with Crippen LogP contribution in [0, 0.1) is 0 Å². The van der Waals surface area contributed by atoms with Crippen molar-refractivity contribution in [1.29, 1.82) is 0 Å². The average molecular weight is 287 g/mol. The van der Waals surface area contributed by atoms with Crippen LogP contribution in [0.4, 0.5) is 0 Å². The highest BCUT2D eigenvalue weighted by Crippen LogP contribution is 2.13. The van der Waals surface area contributed by atoms with E-state index in [2.05, 4.69) is 28.7 Å². The van der Waals surface area contributed by atoms with Crippen molar-refractivity contribution in [2.24, 2.45) is 0 Å². The van der Waals surface area contributed by atoms with Gasteiger partial charge < -0.3 is 15.0 Å². The second-order valence-electron chi connectivity index (χ2n) is 5.35. The van der Waals surface area contributed by atoms with Crippen LogP contribution in [-0.4, -0.2) is 26.7 Å². The number of imidazole rings is 1. The van der Waals surface area contributed by atoms with Crippen molar-refractivity contribution in [3.63, 3.8) is 0 Å². The fourth-order valence-corrected chi connectivity index (χ4v) is 2.18. The molecule has 0 atom stereocenters. The number of aliphatic carboxylic acids is 1. The predicted molar refractivity (Wildman–Crippen MR) is 81.1 cm³/mol. The van der Waals surface area contributed by atoms with Gasteiger partial charge in [-0.25, -0.2) is 4.98 Å². The maximum Gasteiger partial charge on any atom is 0.307 e. The van der Waals surface area contributed by atoms with Gasteiger partial charge in [-0.3, -0.25) is 4.79 Å². The van der Waals surface area contributed by atoms with Crippen LogP contribution in [0.3, 0.4) is 0 Å². The minimum Gasteiger partial charge on any atom is -0.481 e. The molecule has 5 heteroatoms. The molecular formula is C16H21N3O2. The fraction of sp³-hybridized carbons (Fsp3) is 0.375. The van der Waals surface area contributed by atoms with Gasteiger partial charge in [0.15, 0.2) is 0 Å². The van der Waals surface area contributed by atoms with Gasteiger partial charge in [0.2, 0.25) is 0 Å². The van der Waals surface area contributed by atoms with Crippen molar-refractivity contribution in [3.05, 3.63) is 53.6 Å². The van der Waals surface area contributed by atoms with Crippen molar-refractivity contribution in [2.75, 3.05) is 0 Å². The molecule has 1 aromatic carbocycles. The van der Waals surface area contributed by atoms with E-state index in [1.54, 1.807) is 6.20 Å². The van der Waals surface area contributed by atoms with Crippen LogP contribution in [0.5, 0.6) is 0 Å². The Morgan fingerprint density at radius 1 is 1.33 bits per heavy atom. The molecule has 0 bridgehead atoms. The maximum atomic E-state index is 10.9. The van der Waals surface area contributed by atoms with E-state index in [-0.39, 0.29) is 6.42 Å². The number of nitrogens with one attached hydrogen (secondary N) is 1. The number of carboxylic acids is 1. The first-order chi connectivity index (χ1) is 10.1. The van der Waals surface area contributed by atoms with E-state index in [9.17, 15) is 4.79 Å². The molecule has 2 rings (SSSR count). The zero-order valence-electron chi connectivity index (χ0n) is 12.4. The maximum absolute atomic E-state index is 10.9. The van der Waals surface area contributed by atoms with Gasteiger partial charge in [0.25, 0.3) is 0 Å². The lowest BCUT2D eigenvalue weighted by atomic mass is 10.0. The van der Waals surface area contributed by atoms with E-state index < -0.39 is 5.97 Å². The van der Waals surface area contributed by atoms with E-state index in [1.165, 1.54) is 0 Å². The van der Waals surface area contributed by atoms with E-state index >= 15 is 0 Å². The van der Waals surface area contributed by atoms with Crippen LogP contribution >= 0.6 is 0 Å². The molecule has 0 radical (unpaired) electrons. The summed E-state index contributed by atoms with van der Waals surface area (Å²) >= 11 is 0. The summed E-state index contributed by atoms with van der Waals surface area (Å²) in [7, 11) is 0. The highest BCUT2D eigenvalue weighted by molar-refractivity contribution is 5.70. The minimum absolute atomic E-state index is 0.0461. The third-order valence-corrected chi connectivity index (χ3v) is 3.27. The van der Waals surface area contributed by atoms with Crippen LogP contribution in [0.2, 0.25) is 0 Å². The molecule has 0 unspecified atom stereocenters. The Morgan fingerprint density at radius 2 is 2.05 bits per heavy atom. The molecule has 0 aliphatic heterocycles. The summed E-state index contributed by atoms with van der Waals surface area (Å²) in [6.45, 7) is 5.52. The van der Waals surface area contributed by atoms with Gasteiger partial charge >= 0.3 is 5.97 Å². The highest BCUT2D eigenvalue weighted by Gasteiger charge is 2.09. The highest BCUT2D eigenvalue weighted by atomic mass is 16.4. The summed E-state index contributed by atoms with van der Waals surface area (Å²) < 4.78 is 2.05. The number of benzene rings is 1. The van der Waals surface area contributed by atoms with Gasteiger partial charge in [-0.2, -0.15) is 0 Å². The van der Waals surface area contributed by atoms with Crippen LogP contribution in [0.1, 0.15) is 30.8 Å². The lowest BCUT2D eigenvalue weighted by Crippen LogP contribution is -2.24. The number of carbonyl (C=O) groups is 1. The monoisotopic (exact) mass is 287 g/mol. The van der Waals surface area contributed by atoms with Gasteiger partial charge in [0, 0.05) is 25.0 Å². The number of hydrogen-bond acceptors (Lipinski definition) is 3. The molecule has 0 fully saturated rings. The second kappa shape index (κ2) is 7.04. The summed E-state index contributed by atoms with van der Waals surface area (Å²) in [5, 5.41) is 12.3. The molecule has 21 heavy (non-hydrogen) atoms. The van der Waals surface area contributed by atoms with Crippen molar-refractivity contribution >= 4 is 5.97 Å². The van der Waals surface area contributed by atoms with E-state index in [4.69, 9.17) is 5.11 Å². The van der Waals surface area contributed by atoms with Crippen LogP contribution in [0.15, 0.2) is 36.7 Å². The molecule has 112 valence electrons. The predicted octanol–water partition coefficient (Wildman–Crippen LogP) is 2.06. The van der Waals surface area contributed by atoms with Crippen LogP contribution < -0.4 is 5.32 Å². The fourth-order valence-electron chi connectivity index (χ4n) is 2.18. The normalized spacial score (nSPS) is 11.0. The van der Waals surface area contributed by atoms with Crippen molar-refractivity contribution in [2.45, 2.75) is 39.4 Å². The van der Waals surface area contributed by atoms with Crippen molar-refractivity contribution in [3.8, 4) is 0 Å². The largest absolute Gasteiger partial charge is 0.481 e. The summed E-state index contributed by atoms with van der Waals surface area (Å²) in [4.78, 5) is 15.3. The van der Waals surface area contributed by atoms with Gasteiger partial charge in [-0.05, 0) is 11.1 Å². The molecule has 2 N–H and O–H groups in total. The van der Waals surface area contributed by atoms with Crippen molar-refractivity contribution < 1.29 is 9.90 Å². The quantitative estimate of drug-likeness (QED) is 0.818. The lowest BCUT2D eigenvalue weighted by Gasteiger charge is -2.13. The zero-order chi connectivity index (χ0) is 15.2. The Labute approximate surface area is 124 Å². The molecule has 2 aromatic rings. The SMILES string of the molecule is CC(C)NCc1nccn1Cc1ccccc1CC(=O)O. The lowest BCUT2D eigenvalue weighted by molar-refractivity contribution is -0.136. The standard InChI is InChI=1S/C16H21N3O2/c1-12(2)18-10-15-17-7-8-19(15)11-14-6-4-3-5-13(14)9-16(20)21/h3-8,12,18H,9-11H2,1-2H3,(H,20,21). The number of hydrogen-bond donors (Lipinski definition) is 2. The second-order valence-corrected chi connectivity index (χ2v) is 5.35. The first-order valence-electron chi connectivity index (χ1n) is 7.08. The number of aromatic nitrogens is 2. The number of rotatable bonds is 7. The Hall–Kier alpha value is -2.14. The van der Waals surface area contributed by atoms with E-state index in [0.29, 0.717) is 19.1 Å². The average Bonchev–Trinajstić information content (AvgIpc) is 2.85. The first-order valence-corrected chi connectivity index (χ1v) is 7.08. The molecule has 1 aromatic heterocycles. The first kappa shape index (κ1) is 15.3. The molecule has 1 heterocycles. The Bertz CT molecular complexity index is 605. The zero-order valence-corrected chi connectivity index (χ0v) is 12.4. The van der Waals surface area contributed by atoms with Gasteiger partial charge in [0.05, 0.1) is 13.0 Å². The molecule has 5 nitrogen and oxygen atoms in total. The molecule has 0 saturated heterocycles. The summed E-state index contributed by atoms with van der Waals surface area (Å²) in [5.74, 6) is 0.142. The summed E-state index contributed by atoms with van der Waals surface area (Å²) in [6, 6.07) is 8.04. The summed E-state index contributed by atoms with van der Waals surface area (Å²) in [5.41, 5.74) is 1.87. The minimum atomic E-state index is -0.810. The summed E-state index contributed by atoms with van der Waals surface area (Å²) in [6.07, 6.45) is 3.75.